The molecule has 7 aromatic rings. The molecule has 0 aromatic carbocycles. The molecule has 0 atom stereocenters. The Kier molecular flexibility index (Phi) is 10.4. The Labute approximate surface area is 342 Å². The molecule has 7 aromatic heterocycles. The van der Waals surface area contributed by atoms with E-state index in [0.29, 0.717) is 67.1 Å². The molecule has 0 spiro atoms. The van der Waals surface area contributed by atoms with Crippen molar-refractivity contribution in [2.45, 2.75) is 0 Å². The number of nitrogens with one attached hydrogen (secondary N) is 2. The lowest BCUT2D eigenvalue weighted by atomic mass is 10.0. The number of aryl methyl sites for hydroxylation is 4. The van der Waals surface area contributed by atoms with Crippen LogP contribution in [0, 0.1) is 23.8 Å². The molecule has 61 heavy (non-hydrogen) atoms. The molecule has 0 saturated heterocycles. The van der Waals surface area contributed by atoms with E-state index in [2.05, 4.69) is 9.97 Å². The molecule has 2 N–H and O–H groups in total. The van der Waals surface area contributed by atoms with Crippen molar-refractivity contribution in [2.24, 2.45) is 28.2 Å². The standard InChI is InChI=1S/C44H34F4N8.BF4/c1-53-21-5-9-25(41(53)45)37-29-13-15-31(49-29)38(26-10-6-22-54(2)42(26)46)33-17-19-35(51-33)40(28-12-8-24-56(4)44(28)48)36-20-18-34(52-36)39(32-16-14-30(37)50-32)27-11-7-23-55(3)43(27)47;2-1(3,4)5/h5-24,49,52H,1-4H3;/q+4;-1. The highest BCUT2D eigenvalue weighted by molar-refractivity contribution is 6.50. The molecule has 8 bridgehead atoms. The number of aromatic amines is 2. The molecule has 0 amide bonds. The number of H-pyrrole nitrogens is 2. The number of pyridine rings is 4. The van der Waals surface area contributed by atoms with Gasteiger partial charge in [0.1, 0.15) is 28.2 Å². The van der Waals surface area contributed by atoms with E-state index in [1.54, 1.807) is 150 Å². The zero-order valence-electron chi connectivity index (χ0n) is 32.8. The summed E-state index contributed by atoms with van der Waals surface area (Å²) < 4.78 is 109. The first kappa shape index (κ1) is 40.5. The van der Waals surface area contributed by atoms with Crippen LogP contribution in [0.15, 0.2) is 97.6 Å². The largest absolute Gasteiger partial charge is 0.673 e. The topological polar surface area (TPSA) is 72.9 Å². The highest BCUT2D eigenvalue weighted by atomic mass is 19.5. The second-order valence-electron chi connectivity index (χ2n) is 14.3. The van der Waals surface area contributed by atoms with Gasteiger partial charge in [-0.2, -0.15) is 18.3 Å². The van der Waals surface area contributed by atoms with E-state index in [-0.39, 0.29) is 22.3 Å². The number of hydrogen-bond donors (Lipinski definition) is 2. The molecule has 9 rings (SSSR count). The first-order valence-corrected chi connectivity index (χ1v) is 18.7. The first-order valence-electron chi connectivity index (χ1n) is 18.7. The summed E-state index contributed by atoms with van der Waals surface area (Å²) in [4.78, 5) is 17.0. The lowest BCUT2D eigenvalue weighted by Crippen LogP contribution is -2.32. The van der Waals surface area contributed by atoms with Crippen molar-refractivity contribution in [1.82, 2.24) is 19.9 Å². The summed E-state index contributed by atoms with van der Waals surface area (Å²) in [6.07, 6.45) is 13.5. The number of rotatable bonds is 4. The van der Waals surface area contributed by atoms with Crippen molar-refractivity contribution in [3.05, 3.63) is 144 Å². The van der Waals surface area contributed by atoms with Gasteiger partial charge in [-0.15, -0.1) is 17.6 Å². The first-order chi connectivity index (χ1) is 29.1. The molecule has 0 radical (unpaired) electrons. The van der Waals surface area contributed by atoms with Crippen molar-refractivity contribution in [1.29, 1.82) is 0 Å². The van der Waals surface area contributed by atoms with Crippen LogP contribution in [-0.4, -0.2) is 27.2 Å². The minimum absolute atomic E-state index is 0.264. The fourth-order valence-electron chi connectivity index (χ4n) is 7.46. The van der Waals surface area contributed by atoms with Crippen molar-refractivity contribution < 1.29 is 53.1 Å². The Bertz CT molecular complexity index is 2750. The SMILES string of the molecule is C[n+]1cccc(-c2c3nc(c(-c4ccc[n+](C)c4F)c4ccc([nH]4)c(-c4ccc[n+](C)c4F)c4nc(c(-c5ccc[n+](C)c5F)c5ccc2[nH]5)C=C4)C=C3)c1F.F[B-](F)(F)F. The summed E-state index contributed by atoms with van der Waals surface area (Å²) in [6.45, 7) is 0. The smallest absolute Gasteiger partial charge is 0.418 e. The van der Waals surface area contributed by atoms with Gasteiger partial charge < -0.3 is 27.2 Å². The van der Waals surface area contributed by atoms with E-state index in [4.69, 9.17) is 9.97 Å². The number of hydrogen-bond acceptors (Lipinski definition) is 2. The van der Waals surface area contributed by atoms with Crippen LogP contribution in [0.3, 0.4) is 0 Å². The molecule has 0 aliphatic carbocycles. The van der Waals surface area contributed by atoms with Gasteiger partial charge in [0.05, 0.1) is 45.0 Å². The van der Waals surface area contributed by atoms with Crippen LogP contribution in [-0.2, 0) is 28.2 Å². The number of aromatic nitrogens is 8. The third kappa shape index (κ3) is 7.69. The van der Waals surface area contributed by atoms with Gasteiger partial charge in [0, 0.05) is 68.6 Å². The van der Waals surface area contributed by atoms with Gasteiger partial charge in [-0.1, -0.05) is 0 Å². The molecule has 2 aliphatic heterocycles. The van der Waals surface area contributed by atoms with Gasteiger partial charge in [0.15, 0.2) is 24.8 Å². The molecule has 0 fully saturated rings. The van der Waals surface area contributed by atoms with E-state index < -0.39 is 31.0 Å². The summed E-state index contributed by atoms with van der Waals surface area (Å²) in [7, 11) is 0.449. The van der Waals surface area contributed by atoms with Crippen LogP contribution >= 0.6 is 0 Å². The Morgan fingerprint density at radius 3 is 0.820 bits per heavy atom. The minimum atomic E-state index is -6.00. The third-order valence-electron chi connectivity index (χ3n) is 10.2. The molecule has 0 unspecified atom stereocenters. The quantitative estimate of drug-likeness (QED) is 0.0809. The molecule has 9 heterocycles. The lowest BCUT2D eigenvalue weighted by molar-refractivity contribution is -0.699. The minimum Gasteiger partial charge on any atom is -0.418 e. The highest BCUT2D eigenvalue weighted by Gasteiger charge is 2.27. The second-order valence-corrected chi connectivity index (χ2v) is 14.3. The lowest BCUT2D eigenvalue weighted by Gasteiger charge is -2.06. The van der Waals surface area contributed by atoms with Crippen molar-refractivity contribution in [2.75, 3.05) is 0 Å². The van der Waals surface area contributed by atoms with E-state index in [1.807, 2.05) is 0 Å². The predicted octanol–water partition coefficient (Wildman–Crippen LogP) is 8.48. The molecular weight excluding hydrogens is 803 g/mol. The zero-order chi connectivity index (χ0) is 43.3. The molecular formula is C44H34BF8N8+3. The average molecular weight is 838 g/mol. The molecule has 8 nitrogen and oxygen atoms in total. The van der Waals surface area contributed by atoms with E-state index >= 15 is 17.6 Å². The summed E-state index contributed by atoms with van der Waals surface area (Å²) in [5.74, 6) is -2.02. The number of halogens is 8. The van der Waals surface area contributed by atoms with E-state index in [0.717, 1.165) is 0 Å². The number of fused-ring (bicyclic) bond motifs is 8. The Balaban J connectivity index is 0.000000973. The molecule has 306 valence electrons. The van der Waals surface area contributed by atoms with Gasteiger partial charge >= 0.3 is 31.0 Å². The monoisotopic (exact) mass is 837 g/mol. The van der Waals surface area contributed by atoms with Crippen molar-refractivity contribution >= 4 is 53.6 Å². The van der Waals surface area contributed by atoms with Gasteiger partial charge in [-0.25, -0.2) is 9.97 Å². The Hall–Kier alpha value is -7.30. The fraction of sp³-hybridized carbons (Fsp3) is 0.0909. The zero-order valence-corrected chi connectivity index (χ0v) is 32.8. The van der Waals surface area contributed by atoms with Gasteiger partial charge in [0.25, 0.3) is 0 Å². The molecule has 0 saturated carbocycles. The van der Waals surface area contributed by atoms with Crippen molar-refractivity contribution in [3.8, 4) is 44.5 Å². The van der Waals surface area contributed by atoms with Crippen LogP contribution in [0.1, 0.15) is 22.8 Å². The van der Waals surface area contributed by atoms with Crippen LogP contribution in [0.25, 0.3) is 90.9 Å². The summed E-state index contributed by atoms with van der Waals surface area (Å²) in [5, 5.41) is 0. The fourth-order valence-corrected chi connectivity index (χ4v) is 7.46. The van der Waals surface area contributed by atoms with Crippen LogP contribution in [0.2, 0.25) is 0 Å². The van der Waals surface area contributed by atoms with E-state index in [9.17, 15) is 17.3 Å². The van der Waals surface area contributed by atoms with E-state index in [1.165, 1.54) is 18.3 Å². The second kappa shape index (κ2) is 15.7. The third-order valence-corrected chi connectivity index (χ3v) is 10.2. The summed E-state index contributed by atoms with van der Waals surface area (Å²) in [5.41, 5.74) is 6.44. The maximum atomic E-state index is 16.1. The molecule has 2 aliphatic rings. The number of nitrogens with zero attached hydrogens (tertiary/aromatic N) is 6. The Morgan fingerprint density at radius 1 is 0.393 bits per heavy atom. The molecule has 17 heteroatoms. The maximum absolute atomic E-state index is 16.1. The summed E-state index contributed by atoms with van der Waals surface area (Å²) in [6, 6.07) is 20.8. The maximum Gasteiger partial charge on any atom is 0.673 e. The van der Waals surface area contributed by atoms with Crippen LogP contribution < -0.4 is 18.3 Å². The Morgan fingerprint density at radius 2 is 0.607 bits per heavy atom. The van der Waals surface area contributed by atoms with Gasteiger partial charge in [0.2, 0.25) is 0 Å². The van der Waals surface area contributed by atoms with Gasteiger partial charge in [-0.3, -0.25) is 0 Å². The predicted molar refractivity (Wildman–Crippen MR) is 215 cm³/mol. The average Bonchev–Trinajstić information content (AvgIpc) is 4.05. The van der Waals surface area contributed by atoms with Crippen LogP contribution in [0.4, 0.5) is 34.8 Å². The normalized spacial score (nSPS) is 12.1. The van der Waals surface area contributed by atoms with Crippen molar-refractivity contribution in [3.63, 3.8) is 0 Å². The van der Waals surface area contributed by atoms with Crippen LogP contribution in [0.5, 0.6) is 0 Å². The summed E-state index contributed by atoms with van der Waals surface area (Å²) >= 11 is 0. The highest BCUT2D eigenvalue weighted by Crippen LogP contribution is 2.39. The van der Waals surface area contributed by atoms with Gasteiger partial charge in [-0.05, 0) is 72.8 Å².